The van der Waals surface area contributed by atoms with Crippen molar-refractivity contribution in [3.05, 3.63) is 22.2 Å². The molecule has 2 N–H and O–H groups in total. The van der Waals surface area contributed by atoms with E-state index < -0.39 is 25.5 Å². The number of primary sulfonamides is 1. The first-order valence-corrected chi connectivity index (χ1v) is 6.05. The number of rotatable bonds is 2. The van der Waals surface area contributed by atoms with Crippen molar-refractivity contribution < 1.29 is 22.8 Å². The third-order valence-corrected chi connectivity index (χ3v) is 3.07. The number of nitrogens with two attached hydrogens (primary N) is 1. The molecule has 0 unspecified atom stereocenters. The van der Waals surface area contributed by atoms with Gasteiger partial charge in [0.05, 0.1) is 11.0 Å². The largest absolute Gasteiger partial charge is 0.486 e. The first kappa shape index (κ1) is 11.6. The van der Waals surface area contributed by atoms with Crippen LogP contribution in [0.3, 0.4) is 0 Å². The summed E-state index contributed by atoms with van der Waals surface area (Å²) in [6.45, 7) is 0.494. The Hall–Kier alpha value is -1.87. The van der Waals surface area contributed by atoms with Gasteiger partial charge in [0.25, 0.3) is 5.69 Å². The molecule has 0 fully saturated rings. The predicted octanol–water partition coefficient (Wildman–Crippen LogP) is 0.0134. The summed E-state index contributed by atoms with van der Waals surface area (Å²) in [5.41, 5.74) is -0.628. The molecule has 1 aromatic rings. The van der Waals surface area contributed by atoms with Crippen molar-refractivity contribution in [3.63, 3.8) is 0 Å². The maximum absolute atomic E-state index is 11.2. The van der Waals surface area contributed by atoms with Crippen LogP contribution in [0.2, 0.25) is 0 Å². The third-order valence-electron chi connectivity index (χ3n) is 2.13. The second-order valence-corrected chi connectivity index (χ2v) is 4.80. The van der Waals surface area contributed by atoms with Crippen LogP contribution in [-0.2, 0) is 10.0 Å². The first-order valence-electron chi connectivity index (χ1n) is 4.50. The molecule has 0 amide bonds. The van der Waals surface area contributed by atoms with Crippen molar-refractivity contribution in [1.29, 1.82) is 0 Å². The van der Waals surface area contributed by atoms with Crippen LogP contribution in [0.25, 0.3) is 0 Å². The maximum Gasteiger partial charge on any atom is 0.293 e. The summed E-state index contributed by atoms with van der Waals surface area (Å²) in [6, 6.07) is 2.00. The Labute approximate surface area is 96.1 Å². The minimum atomic E-state index is -4.19. The molecule has 1 heterocycles. The average Bonchev–Trinajstić information content (AvgIpc) is 2.26. The molecule has 0 spiro atoms. The Kier molecular flexibility index (Phi) is 2.63. The molecule has 1 aliphatic heterocycles. The van der Waals surface area contributed by atoms with Gasteiger partial charge in [-0.25, -0.2) is 13.6 Å². The SMILES string of the molecule is NS(=O)(=O)c1cc2c(cc1[N+](=O)[O-])OCCO2. The van der Waals surface area contributed by atoms with Crippen molar-refractivity contribution in [2.24, 2.45) is 5.14 Å². The van der Waals surface area contributed by atoms with Crippen LogP contribution < -0.4 is 14.6 Å². The molecule has 2 rings (SSSR count). The molecule has 0 bridgehead atoms. The van der Waals surface area contributed by atoms with Crippen LogP contribution in [0.15, 0.2) is 17.0 Å². The zero-order valence-corrected chi connectivity index (χ0v) is 9.27. The van der Waals surface area contributed by atoms with Gasteiger partial charge < -0.3 is 9.47 Å². The van der Waals surface area contributed by atoms with E-state index in [9.17, 15) is 18.5 Å². The standard InChI is InChI=1S/C8H8N2O6S/c9-17(13,14)8-4-7-6(15-1-2-16-7)3-5(8)10(11)12/h3-4H,1-2H2,(H2,9,13,14). The molecule has 9 heteroatoms. The molecule has 92 valence electrons. The summed E-state index contributed by atoms with van der Waals surface area (Å²) >= 11 is 0. The lowest BCUT2D eigenvalue weighted by Gasteiger charge is -2.18. The van der Waals surface area contributed by atoms with E-state index in [2.05, 4.69) is 0 Å². The number of nitrogens with zero attached hydrogens (tertiary/aromatic N) is 1. The molecule has 0 saturated heterocycles. The molecule has 0 saturated carbocycles. The van der Waals surface area contributed by atoms with E-state index in [1.54, 1.807) is 0 Å². The summed E-state index contributed by atoms with van der Waals surface area (Å²) in [5, 5.41) is 15.6. The van der Waals surface area contributed by atoms with Gasteiger partial charge in [-0.3, -0.25) is 10.1 Å². The van der Waals surface area contributed by atoms with Gasteiger partial charge in [0.1, 0.15) is 13.2 Å². The van der Waals surface area contributed by atoms with E-state index in [1.807, 2.05) is 0 Å². The highest BCUT2D eigenvalue weighted by atomic mass is 32.2. The Bertz CT molecular complexity index is 582. The Morgan fingerprint density at radius 3 is 2.24 bits per heavy atom. The normalized spacial score (nSPS) is 14.4. The van der Waals surface area contributed by atoms with Crippen LogP contribution in [-0.4, -0.2) is 26.6 Å². The number of ether oxygens (including phenoxy) is 2. The Morgan fingerprint density at radius 2 is 1.76 bits per heavy atom. The van der Waals surface area contributed by atoms with E-state index in [0.717, 1.165) is 12.1 Å². The lowest BCUT2D eigenvalue weighted by atomic mass is 10.2. The second-order valence-electron chi connectivity index (χ2n) is 3.27. The molecule has 1 aliphatic rings. The fraction of sp³-hybridized carbons (Fsp3) is 0.250. The Balaban J connectivity index is 2.69. The zero-order chi connectivity index (χ0) is 12.6. The van der Waals surface area contributed by atoms with Crippen LogP contribution in [0.5, 0.6) is 11.5 Å². The van der Waals surface area contributed by atoms with Gasteiger partial charge in [-0.1, -0.05) is 0 Å². The van der Waals surface area contributed by atoms with E-state index in [-0.39, 0.29) is 24.7 Å². The number of nitro benzene ring substituents is 1. The lowest BCUT2D eigenvalue weighted by Crippen LogP contribution is -2.18. The Morgan fingerprint density at radius 1 is 1.24 bits per heavy atom. The molecular formula is C8H8N2O6S. The van der Waals surface area contributed by atoms with Crippen molar-refractivity contribution in [2.75, 3.05) is 13.2 Å². The summed E-state index contributed by atoms with van der Waals surface area (Å²) < 4.78 is 32.7. The van der Waals surface area contributed by atoms with Crippen LogP contribution >= 0.6 is 0 Å². The van der Waals surface area contributed by atoms with Crippen molar-refractivity contribution >= 4 is 15.7 Å². The third kappa shape index (κ3) is 2.15. The zero-order valence-electron chi connectivity index (χ0n) is 8.45. The van der Waals surface area contributed by atoms with E-state index in [0.29, 0.717) is 0 Å². The average molecular weight is 260 g/mol. The van der Waals surface area contributed by atoms with Gasteiger partial charge in [-0.2, -0.15) is 0 Å². The number of sulfonamides is 1. The van der Waals surface area contributed by atoms with Crippen LogP contribution in [0.4, 0.5) is 5.69 Å². The topological polar surface area (TPSA) is 122 Å². The van der Waals surface area contributed by atoms with Gasteiger partial charge in [0.15, 0.2) is 16.4 Å². The van der Waals surface area contributed by atoms with Gasteiger partial charge >= 0.3 is 0 Å². The van der Waals surface area contributed by atoms with E-state index >= 15 is 0 Å². The number of hydrogen-bond donors (Lipinski definition) is 1. The highest BCUT2D eigenvalue weighted by Gasteiger charge is 2.28. The van der Waals surface area contributed by atoms with Gasteiger partial charge in [0, 0.05) is 6.07 Å². The summed E-state index contributed by atoms with van der Waals surface area (Å²) in [6.07, 6.45) is 0. The molecule has 0 radical (unpaired) electrons. The minimum Gasteiger partial charge on any atom is -0.486 e. The smallest absolute Gasteiger partial charge is 0.293 e. The quantitative estimate of drug-likeness (QED) is 0.590. The summed E-state index contributed by atoms with van der Waals surface area (Å²) in [7, 11) is -4.19. The molecule has 0 aliphatic carbocycles. The predicted molar refractivity (Wildman–Crippen MR) is 55.5 cm³/mol. The number of fused-ring (bicyclic) bond motifs is 1. The number of benzene rings is 1. The molecule has 0 atom stereocenters. The summed E-state index contributed by atoms with van der Waals surface area (Å²) in [5.74, 6) is 0.265. The highest BCUT2D eigenvalue weighted by molar-refractivity contribution is 7.89. The van der Waals surface area contributed by atoms with Gasteiger partial charge in [-0.15, -0.1) is 0 Å². The molecule has 1 aromatic carbocycles. The van der Waals surface area contributed by atoms with Gasteiger partial charge in [-0.05, 0) is 0 Å². The van der Waals surface area contributed by atoms with E-state index in [4.69, 9.17) is 14.6 Å². The second kappa shape index (κ2) is 3.86. The fourth-order valence-corrected chi connectivity index (χ4v) is 2.13. The van der Waals surface area contributed by atoms with Crippen LogP contribution in [0, 0.1) is 10.1 Å². The number of nitro groups is 1. The highest BCUT2D eigenvalue weighted by Crippen LogP contribution is 2.37. The maximum atomic E-state index is 11.2. The molecule has 8 nitrogen and oxygen atoms in total. The van der Waals surface area contributed by atoms with E-state index in [1.165, 1.54) is 0 Å². The molecule has 0 aromatic heterocycles. The summed E-state index contributed by atoms with van der Waals surface area (Å²) in [4.78, 5) is 9.32. The van der Waals surface area contributed by atoms with Crippen LogP contribution in [0.1, 0.15) is 0 Å². The van der Waals surface area contributed by atoms with Gasteiger partial charge in [0.2, 0.25) is 10.0 Å². The molecular weight excluding hydrogens is 252 g/mol. The van der Waals surface area contributed by atoms with Crippen molar-refractivity contribution in [2.45, 2.75) is 4.90 Å². The number of hydrogen-bond acceptors (Lipinski definition) is 6. The fourth-order valence-electron chi connectivity index (χ4n) is 1.43. The van der Waals surface area contributed by atoms with Crippen molar-refractivity contribution in [1.82, 2.24) is 0 Å². The first-order chi connectivity index (χ1) is 7.89. The lowest BCUT2D eigenvalue weighted by molar-refractivity contribution is -0.388. The van der Waals surface area contributed by atoms with Crippen molar-refractivity contribution in [3.8, 4) is 11.5 Å². The monoisotopic (exact) mass is 260 g/mol. The minimum absolute atomic E-state index is 0.130. The molecule has 17 heavy (non-hydrogen) atoms.